The summed E-state index contributed by atoms with van der Waals surface area (Å²) in [7, 11) is 0. The van der Waals surface area contributed by atoms with Gasteiger partial charge in [0.15, 0.2) is 0 Å². The van der Waals surface area contributed by atoms with Crippen LogP contribution >= 0.6 is 11.3 Å². The Morgan fingerprint density at radius 3 is 2.68 bits per heavy atom. The lowest BCUT2D eigenvalue weighted by Gasteiger charge is -2.14. The average Bonchev–Trinajstić information content (AvgIpc) is 2.92. The molecule has 2 aromatic heterocycles. The van der Waals surface area contributed by atoms with E-state index in [4.69, 9.17) is 0 Å². The van der Waals surface area contributed by atoms with Gasteiger partial charge in [0.2, 0.25) is 0 Å². The van der Waals surface area contributed by atoms with Crippen molar-refractivity contribution in [2.45, 2.75) is 19.6 Å². The summed E-state index contributed by atoms with van der Waals surface area (Å²) >= 11 is 1.46. The molecule has 0 unspecified atom stereocenters. The number of anilines is 1. The Hall–Kier alpha value is -2.15. The lowest BCUT2D eigenvalue weighted by atomic mass is 10.1. The molecule has 114 valence electrons. The van der Waals surface area contributed by atoms with Gasteiger partial charge in [-0.15, -0.1) is 11.3 Å². The SMILES string of the molecule is Cc1nc(NCc2ccccc2C(F)(F)F)c2sccc2n1. The monoisotopic (exact) mass is 323 g/mol. The minimum Gasteiger partial charge on any atom is -0.365 e. The zero-order valence-corrected chi connectivity index (χ0v) is 12.4. The molecule has 0 fully saturated rings. The van der Waals surface area contributed by atoms with E-state index < -0.39 is 11.7 Å². The lowest BCUT2D eigenvalue weighted by Crippen LogP contribution is -2.12. The van der Waals surface area contributed by atoms with E-state index in [0.29, 0.717) is 11.6 Å². The second-order valence-electron chi connectivity index (χ2n) is 4.76. The van der Waals surface area contributed by atoms with Gasteiger partial charge >= 0.3 is 6.18 Å². The second kappa shape index (κ2) is 5.57. The molecular formula is C15H12F3N3S. The van der Waals surface area contributed by atoms with Crippen LogP contribution in [-0.2, 0) is 12.7 Å². The predicted octanol–water partition coefficient (Wildman–Crippen LogP) is 4.63. The molecule has 1 aromatic carbocycles. The highest BCUT2D eigenvalue weighted by Gasteiger charge is 2.32. The summed E-state index contributed by atoms with van der Waals surface area (Å²) in [5.41, 5.74) is 0.357. The molecule has 0 amide bonds. The molecule has 0 aliphatic carbocycles. The minimum absolute atomic E-state index is 0.0547. The van der Waals surface area contributed by atoms with E-state index in [0.717, 1.165) is 16.3 Å². The third-order valence-electron chi connectivity index (χ3n) is 3.18. The van der Waals surface area contributed by atoms with E-state index in [9.17, 15) is 13.2 Å². The lowest BCUT2D eigenvalue weighted by molar-refractivity contribution is -0.138. The number of benzene rings is 1. The fraction of sp³-hybridized carbons (Fsp3) is 0.200. The summed E-state index contributed by atoms with van der Waals surface area (Å²) in [5.74, 6) is 1.15. The van der Waals surface area contributed by atoms with Crippen LogP contribution in [0.5, 0.6) is 0 Å². The largest absolute Gasteiger partial charge is 0.416 e. The van der Waals surface area contributed by atoms with Crippen molar-refractivity contribution in [3.05, 3.63) is 52.7 Å². The second-order valence-corrected chi connectivity index (χ2v) is 5.68. The molecule has 0 aliphatic heterocycles. The van der Waals surface area contributed by atoms with Gasteiger partial charge in [-0.05, 0) is 30.0 Å². The topological polar surface area (TPSA) is 37.8 Å². The number of hydrogen-bond donors (Lipinski definition) is 1. The number of nitrogens with zero attached hydrogens (tertiary/aromatic N) is 2. The zero-order chi connectivity index (χ0) is 15.7. The summed E-state index contributed by atoms with van der Waals surface area (Å²) in [4.78, 5) is 8.57. The molecule has 0 spiro atoms. The van der Waals surface area contributed by atoms with Crippen molar-refractivity contribution in [3.63, 3.8) is 0 Å². The molecule has 3 aromatic rings. The molecule has 0 radical (unpaired) electrons. The Kier molecular flexibility index (Phi) is 3.74. The van der Waals surface area contributed by atoms with Gasteiger partial charge in [0.05, 0.1) is 15.8 Å². The van der Waals surface area contributed by atoms with Crippen molar-refractivity contribution in [1.29, 1.82) is 0 Å². The molecule has 0 saturated carbocycles. The van der Waals surface area contributed by atoms with Gasteiger partial charge in [-0.1, -0.05) is 18.2 Å². The normalized spacial score (nSPS) is 11.8. The molecule has 0 bridgehead atoms. The number of thiophene rings is 1. The van der Waals surface area contributed by atoms with Crippen LogP contribution in [0.3, 0.4) is 0 Å². The molecule has 0 aliphatic rings. The Morgan fingerprint density at radius 2 is 1.91 bits per heavy atom. The molecule has 22 heavy (non-hydrogen) atoms. The van der Waals surface area contributed by atoms with Gasteiger partial charge in [0, 0.05) is 6.54 Å². The third-order valence-corrected chi connectivity index (χ3v) is 4.09. The van der Waals surface area contributed by atoms with Crippen LogP contribution in [0.25, 0.3) is 10.2 Å². The van der Waals surface area contributed by atoms with Gasteiger partial charge in [0.1, 0.15) is 11.6 Å². The Balaban J connectivity index is 1.91. The van der Waals surface area contributed by atoms with Crippen LogP contribution in [0.4, 0.5) is 19.0 Å². The van der Waals surface area contributed by atoms with Crippen molar-refractivity contribution < 1.29 is 13.2 Å². The Labute approximate surface area is 128 Å². The van der Waals surface area contributed by atoms with Crippen LogP contribution in [-0.4, -0.2) is 9.97 Å². The van der Waals surface area contributed by atoms with Crippen molar-refractivity contribution >= 4 is 27.4 Å². The van der Waals surface area contributed by atoms with E-state index in [2.05, 4.69) is 15.3 Å². The Morgan fingerprint density at radius 1 is 1.14 bits per heavy atom. The number of hydrogen-bond acceptors (Lipinski definition) is 4. The highest BCUT2D eigenvalue weighted by molar-refractivity contribution is 7.17. The average molecular weight is 323 g/mol. The van der Waals surface area contributed by atoms with Gasteiger partial charge in [-0.3, -0.25) is 0 Å². The van der Waals surface area contributed by atoms with Crippen LogP contribution in [0.15, 0.2) is 35.7 Å². The van der Waals surface area contributed by atoms with Crippen LogP contribution in [0.1, 0.15) is 17.0 Å². The fourth-order valence-corrected chi connectivity index (χ4v) is 3.03. The highest BCUT2D eigenvalue weighted by Crippen LogP contribution is 2.32. The Bertz CT molecular complexity index is 811. The molecule has 0 saturated heterocycles. The summed E-state index contributed by atoms with van der Waals surface area (Å²) in [5, 5.41) is 4.89. The van der Waals surface area contributed by atoms with E-state index in [1.807, 2.05) is 11.4 Å². The zero-order valence-electron chi connectivity index (χ0n) is 11.6. The molecule has 2 heterocycles. The first-order valence-electron chi connectivity index (χ1n) is 6.56. The summed E-state index contributed by atoms with van der Waals surface area (Å²) in [6.07, 6.45) is -4.36. The van der Waals surface area contributed by atoms with Crippen molar-refractivity contribution in [1.82, 2.24) is 9.97 Å². The molecule has 3 rings (SSSR count). The number of aromatic nitrogens is 2. The van der Waals surface area contributed by atoms with Crippen molar-refractivity contribution in [3.8, 4) is 0 Å². The number of fused-ring (bicyclic) bond motifs is 1. The third kappa shape index (κ3) is 2.89. The maximum absolute atomic E-state index is 13.0. The number of aryl methyl sites for hydroxylation is 1. The first-order chi connectivity index (χ1) is 10.4. The number of alkyl halides is 3. The number of rotatable bonds is 3. The summed E-state index contributed by atoms with van der Waals surface area (Å²) < 4.78 is 39.8. The minimum atomic E-state index is -4.36. The number of nitrogens with one attached hydrogen (secondary N) is 1. The maximum Gasteiger partial charge on any atom is 0.416 e. The standard InChI is InChI=1S/C15H12F3N3S/c1-9-20-12-6-7-22-13(12)14(21-9)19-8-10-4-2-3-5-11(10)15(16,17)18/h2-7H,8H2,1H3,(H,19,20,21). The molecule has 0 atom stereocenters. The highest BCUT2D eigenvalue weighted by atomic mass is 32.1. The first-order valence-corrected chi connectivity index (χ1v) is 7.44. The van der Waals surface area contributed by atoms with E-state index in [-0.39, 0.29) is 12.1 Å². The molecular weight excluding hydrogens is 311 g/mol. The smallest absolute Gasteiger partial charge is 0.365 e. The number of halogens is 3. The van der Waals surface area contributed by atoms with Crippen LogP contribution < -0.4 is 5.32 Å². The molecule has 1 N–H and O–H groups in total. The molecule has 3 nitrogen and oxygen atoms in total. The van der Waals surface area contributed by atoms with Crippen LogP contribution in [0.2, 0.25) is 0 Å². The summed E-state index contributed by atoms with van der Waals surface area (Å²) in [6.45, 7) is 1.81. The quantitative estimate of drug-likeness (QED) is 0.763. The van der Waals surface area contributed by atoms with Crippen molar-refractivity contribution in [2.75, 3.05) is 5.32 Å². The predicted molar refractivity (Wildman–Crippen MR) is 80.9 cm³/mol. The van der Waals surface area contributed by atoms with Gasteiger partial charge in [-0.25, -0.2) is 9.97 Å². The summed E-state index contributed by atoms with van der Waals surface area (Å²) in [6, 6.07) is 7.40. The van der Waals surface area contributed by atoms with Gasteiger partial charge in [0.25, 0.3) is 0 Å². The maximum atomic E-state index is 13.0. The molecule has 7 heteroatoms. The van der Waals surface area contributed by atoms with Crippen molar-refractivity contribution in [2.24, 2.45) is 0 Å². The van der Waals surface area contributed by atoms with Gasteiger partial charge < -0.3 is 5.32 Å². The van der Waals surface area contributed by atoms with Gasteiger partial charge in [-0.2, -0.15) is 13.2 Å². The van der Waals surface area contributed by atoms with E-state index in [1.54, 1.807) is 13.0 Å². The van der Waals surface area contributed by atoms with Crippen LogP contribution in [0, 0.1) is 6.92 Å². The van der Waals surface area contributed by atoms with E-state index >= 15 is 0 Å². The fourth-order valence-electron chi connectivity index (χ4n) is 2.23. The van der Waals surface area contributed by atoms with E-state index in [1.165, 1.54) is 23.5 Å². The first kappa shape index (κ1) is 14.8.